The number of H-pyrrole nitrogens is 1. The third-order valence-corrected chi connectivity index (χ3v) is 2.42. The molecule has 0 aliphatic rings. The topological polar surface area (TPSA) is 54.7 Å². The van der Waals surface area contributed by atoms with E-state index in [1.807, 2.05) is 20.8 Å². The van der Waals surface area contributed by atoms with E-state index >= 15 is 0 Å². The van der Waals surface area contributed by atoms with Crippen molar-refractivity contribution in [1.29, 1.82) is 0 Å². The fourth-order valence-electron chi connectivity index (χ4n) is 1.38. The molecule has 0 amide bonds. The normalized spacial score (nSPS) is 16.8. The Hall–Kier alpha value is -0.970. The first kappa shape index (κ1) is 12.1. The van der Waals surface area contributed by atoms with Crippen LogP contribution in [0.15, 0.2) is 6.20 Å². The van der Waals surface area contributed by atoms with Gasteiger partial charge in [0.1, 0.15) is 5.54 Å². The summed E-state index contributed by atoms with van der Waals surface area (Å²) in [6.45, 7) is 7.08. The summed E-state index contributed by atoms with van der Waals surface area (Å²) in [5, 5.41) is 6.54. The molecule has 1 atom stereocenters. The maximum absolute atomic E-state index is 12.8. The van der Waals surface area contributed by atoms with Crippen LogP contribution in [0.1, 0.15) is 39.0 Å². The van der Waals surface area contributed by atoms with Gasteiger partial charge in [-0.25, -0.2) is 8.78 Å². The van der Waals surface area contributed by atoms with Gasteiger partial charge < -0.3 is 5.73 Å². The number of halogens is 2. The van der Waals surface area contributed by atoms with Crippen molar-refractivity contribution >= 4 is 0 Å². The summed E-state index contributed by atoms with van der Waals surface area (Å²) in [6, 6.07) is 0. The van der Waals surface area contributed by atoms with E-state index < -0.39 is 12.0 Å². The number of hydrogen-bond acceptors (Lipinski definition) is 2. The molecule has 86 valence electrons. The Bertz CT molecular complexity index is 337. The van der Waals surface area contributed by atoms with Crippen LogP contribution in [0.5, 0.6) is 0 Å². The van der Waals surface area contributed by atoms with E-state index in [0.717, 1.165) is 0 Å². The zero-order valence-corrected chi connectivity index (χ0v) is 9.44. The zero-order chi connectivity index (χ0) is 11.9. The largest absolute Gasteiger partial charge is 0.317 e. The van der Waals surface area contributed by atoms with E-state index in [9.17, 15) is 8.78 Å². The Morgan fingerprint density at radius 1 is 1.33 bits per heavy atom. The molecule has 1 heterocycles. The fourth-order valence-corrected chi connectivity index (χ4v) is 1.38. The Morgan fingerprint density at radius 2 is 1.87 bits per heavy atom. The molecule has 0 fully saturated rings. The molecule has 0 saturated carbocycles. The number of rotatable bonds is 2. The van der Waals surface area contributed by atoms with Crippen molar-refractivity contribution in [2.45, 2.75) is 45.1 Å². The quantitative estimate of drug-likeness (QED) is 0.797. The van der Waals surface area contributed by atoms with Crippen molar-refractivity contribution in [2.75, 3.05) is 0 Å². The lowest BCUT2D eigenvalue weighted by Gasteiger charge is -2.27. The summed E-state index contributed by atoms with van der Waals surface area (Å²) in [5.41, 5.74) is 4.72. The van der Waals surface area contributed by atoms with Crippen LogP contribution >= 0.6 is 0 Å². The van der Waals surface area contributed by atoms with E-state index in [-0.39, 0.29) is 5.41 Å². The van der Waals surface area contributed by atoms with Crippen molar-refractivity contribution in [2.24, 2.45) is 5.73 Å². The monoisotopic (exact) mass is 217 g/mol. The van der Waals surface area contributed by atoms with Gasteiger partial charge in [0, 0.05) is 16.7 Å². The van der Waals surface area contributed by atoms with E-state index in [2.05, 4.69) is 10.2 Å². The molecule has 1 aromatic rings. The number of nitrogens with zero attached hydrogens (tertiary/aromatic N) is 1. The lowest BCUT2D eigenvalue weighted by molar-refractivity contribution is 0.0616. The molecular formula is C10H17F2N3. The molecule has 0 aliphatic heterocycles. The molecule has 0 spiro atoms. The molecule has 0 saturated heterocycles. The average molecular weight is 217 g/mol. The Kier molecular flexibility index (Phi) is 2.87. The zero-order valence-electron chi connectivity index (χ0n) is 9.44. The highest BCUT2D eigenvalue weighted by molar-refractivity contribution is 5.30. The predicted octanol–water partition coefficient (Wildman–Crippen LogP) is 2.15. The van der Waals surface area contributed by atoms with Gasteiger partial charge in [-0.3, -0.25) is 5.10 Å². The van der Waals surface area contributed by atoms with Crippen LogP contribution in [0.4, 0.5) is 8.78 Å². The highest BCUT2D eigenvalue weighted by Crippen LogP contribution is 2.32. The van der Waals surface area contributed by atoms with Crippen LogP contribution in [0, 0.1) is 0 Å². The molecule has 1 rings (SSSR count). The molecule has 15 heavy (non-hydrogen) atoms. The molecule has 0 aromatic carbocycles. The van der Waals surface area contributed by atoms with Crippen LogP contribution in [-0.4, -0.2) is 16.6 Å². The summed E-state index contributed by atoms with van der Waals surface area (Å²) in [5.74, 6) is 0. The number of alkyl halides is 2. The third kappa shape index (κ3) is 2.17. The lowest BCUT2D eigenvalue weighted by Crippen LogP contribution is -2.42. The van der Waals surface area contributed by atoms with Gasteiger partial charge in [-0.2, -0.15) is 5.10 Å². The number of hydrogen-bond donors (Lipinski definition) is 2. The minimum absolute atomic E-state index is 0.276. The Labute approximate surface area is 88.1 Å². The fraction of sp³-hybridized carbons (Fsp3) is 0.700. The second-order valence-electron chi connectivity index (χ2n) is 4.99. The van der Waals surface area contributed by atoms with Crippen LogP contribution in [0.2, 0.25) is 0 Å². The summed E-state index contributed by atoms with van der Waals surface area (Å²) in [4.78, 5) is 0. The standard InChI is InChI=1S/C10H17F2N3/c1-9(2,3)7-6(5-14-15-7)10(4,13)8(11)12/h5,8H,13H2,1-4H3,(H,14,15). The predicted molar refractivity (Wildman–Crippen MR) is 54.8 cm³/mol. The molecular weight excluding hydrogens is 200 g/mol. The number of nitrogens with one attached hydrogen (secondary N) is 1. The van der Waals surface area contributed by atoms with Crippen LogP contribution in [-0.2, 0) is 11.0 Å². The van der Waals surface area contributed by atoms with E-state index in [0.29, 0.717) is 11.3 Å². The summed E-state index contributed by atoms with van der Waals surface area (Å²) < 4.78 is 25.6. The summed E-state index contributed by atoms with van der Waals surface area (Å²) in [7, 11) is 0. The minimum Gasteiger partial charge on any atom is -0.317 e. The first-order valence-electron chi connectivity index (χ1n) is 4.78. The molecule has 1 aromatic heterocycles. The van der Waals surface area contributed by atoms with Gasteiger partial charge in [0.15, 0.2) is 0 Å². The van der Waals surface area contributed by atoms with Crippen LogP contribution in [0.3, 0.4) is 0 Å². The summed E-state index contributed by atoms with van der Waals surface area (Å²) >= 11 is 0. The number of aromatic nitrogens is 2. The lowest BCUT2D eigenvalue weighted by atomic mass is 9.83. The molecule has 1 unspecified atom stereocenters. The molecule has 0 radical (unpaired) electrons. The van der Waals surface area contributed by atoms with Gasteiger partial charge in [-0.1, -0.05) is 20.8 Å². The number of aromatic amines is 1. The van der Waals surface area contributed by atoms with E-state index in [1.54, 1.807) is 0 Å². The second-order valence-corrected chi connectivity index (χ2v) is 4.99. The first-order valence-corrected chi connectivity index (χ1v) is 4.78. The Balaban J connectivity index is 3.22. The van der Waals surface area contributed by atoms with E-state index in [1.165, 1.54) is 13.1 Å². The van der Waals surface area contributed by atoms with Crippen molar-refractivity contribution in [3.05, 3.63) is 17.5 Å². The molecule has 0 bridgehead atoms. The van der Waals surface area contributed by atoms with Gasteiger partial charge in [0.05, 0.1) is 6.20 Å². The van der Waals surface area contributed by atoms with Crippen molar-refractivity contribution in [3.63, 3.8) is 0 Å². The highest BCUT2D eigenvalue weighted by atomic mass is 19.3. The smallest absolute Gasteiger partial charge is 0.260 e. The van der Waals surface area contributed by atoms with Crippen molar-refractivity contribution < 1.29 is 8.78 Å². The second kappa shape index (κ2) is 3.56. The maximum atomic E-state index is 12.8. The highest BCUT2D eigenvalue weighted by Gasteiger charge is 2.37. The third-order valence-electron chi connectivity index (χ3n) is 2.42. The van der Waals surface area contributed by atoms with Gasteiger partial charge in [-0.05, 0) is 6.92 Å². The molecule has 3 nitrogen and oxygen atoms in total. The van der Waals surface area contributed by atoms with Crippen LogP contribution in [0.25, 0.3) is 0 Å². The average Bonchev–Trinajstić information content (AvgIpc) is 2.49. The maximum Gasteiger partial charge on any atom is 0.260 e. The summed E-state index contributed by atoms with van der Waals surface area (Å²) in [6.07, 6.45) is -1.23. The van der Waals surface area contributed by atoms with Crippen molar-refractivity contribution in [3.8, 4) is 0 Å². The van der Waals surface area contributed by atoms with Gasteiger partial charge in [0.2, 0.25) is 0 Å². The van der Waals surface area contributed by atoms with E-state index in [4.69, 9.17) is 5.73 Å². The van der Waals surface area contributed by atoms with Gasteiger partial charge in [-0.15, -0.1) is 0 Å². The SMILES string of the molecule is CC(C)(C)c1[nH]ncc1C(C)(N)C(F)F. The first-order chi connectivity index (χ1) is 6.67. The molecule has 3 N–H and O–H groups in total. The van der Waals surface area contributed by atoms with Crippen LogP contribution < -0.4 is 5.73 Å². The Morgan fingerprint density at radius 3 is 2.27 bits per heavy atom. The molecule has 0 aliphatic carbocycles. The van der Waals surface area contributed by atoms with Crippen molar-refractivity contribution in [1.82, 2.24) is 10.2 Å². The van der Waals surface area contributed by atoms with Gasteiger partial charge in [0.25, 0.3) is 6.43 Å². The molecule has 5 heteroatoms. The van der Waals surface area contributed by atoms with Gasteiger partial charge >= 0.3 is 0 Å². The minimum atomic E-state index is -2.61. The number of nitrogens with two attached hydrogens (primary N) is 1.